The number of carbonyl (C=O) groups excluding carboxylic acids is 1. The average molecular weight is 439 g/mol. The molecule has 1 aromatic heterocycles. The molecule has 0 atom stereocenters. The van der Waals surface area contributed by atoms with Gasteiger partial charge in [-0.1, -0.05) is 55.0 Å². The van der Waals surface area contributed by atoms with Gasteiger partial charge in [-0.25, -0.2) is 18.1 Å². The summed E-state index contributed by atoms with van der Waals surface area (Å²) in [6.07, 6.45) is 4.02. The van der Waals surface area contributed by atoms with Crippen molar-refractivity contribution < 1.29 is 13.2 Å². The topological polar surface area (TPSA) is 93.1 Å². The second-order valence-corrected chi connectivity index (χ2v) is 9.29. The number of nitrogens with one attached hydrogen (secondary N) is 2. The van der Waals surface area contributed by atoms with Gasteiger partial charge in [0.15, 0.2) is 0 Å². The van der Waals surface area contributed by atoms with Crippen LogP contribution in [0.1, 0.15) is 35.4 Å². The van der Waals surface area contributed by atoms with Crippen molar-refractivity contribution in [1.29, 1.82) is 0 Å². The molecule has 162 valence electrons. The SMILES string of the molecule is O=C(NCCNS(=O)(=O)c1ccccc1)c1nc(-c2ccccc2)n2c1CCCCC2. The largest absolute Gasteiger partial charge is 0.349 e. The molecule has 0 radical (unpaired) electrons. The summed E-state index contributed by atoms with van der Waals surface area (Å²) < 4.78 is 29.3. The molecule has 2 N–H and O–H groups in total. The normalized spacial score (nSPS) is 13.9. The van der Waals surface area contributed by atoms with Gasteiger partial charge >= 0.3 is 0 Å². The third-order valence-electron chi connectivity index (χ3n) is 5.37. The molecule has 0 unspecified atom stereocenters. The highest BCUT2D eigenvalue weighted by Gasteiger charge is 2.24. The Morgan fingerprint density at radius 2 is 1.65 bits per heavy atom. The summed E-state index contributed by atoms with van der Waals surface area (Å²) in [6, 6.07) is 18.1. The second-order valence-electron chi connectivity index (χ2n) is 7.53. The van der Waals surface area contributed by atoms with Crippen LogP contribution in [0.4, 0.5) is 0 Å². The molecule has 2 aromatic carbocycles. The molecule has 0 aliphatic carbocycles. The first kappa shape index (κ1) is 21.3. The molecule has 1 aliphatic rings. The van der Waals surface area contributed by atoms with E-state index >= 15 is 0 Å². The van der Waals surface area contributed by atoms with Crippen LogP contribution >= 0.6 is 0 Å². The van der Waals surface area contributed by atoms with E-state index in [1.165, 1.54) is 12.1 Å². The Morgan fingerprint density at radius 3 is 2.39 bits per heavy atom. The number of hydrogen-bond donors (Lipinski definition) is 2. The number of nitrogens with zero attached hydrogens (tertiary/aromatic N) is 2. The van der Waals surface area contributed by atoms with E-state index < -0.39 is 10.0 Å². The highest BCUT2D eigenvalue weighted by atomic mass is 32.2. The van der Waals surface area contributed by atoms with Crippen LogP contribution in [-0.2, 0) is 23.0 Å². The summed E-state index contributed by atoms with van der Waals surface area (Å²) in [4.78, 5) is 17.8. The predicted octanol–water partition coefficient (Wildman–Crippen LogP) is 2.98. The zero-order valence-corrected chi connectivity index (χ0v) is 18.1. The van der Waals surface area contributed by atoms with E-state index in [2.05, 4.69) is 14.6 Å². The molecule has 8 heteroatoms. The number of aromatic nitrogens is 2. The van der Waals surface area contributed by atoms with Gasteiger partial charge in [0.2, 0.25) is 10.0 Å². The van der Waals surface area contributed by atoms with Gasteiger partial charge in [0.1, 0.15) is 11.5 Å². The molecule has 1 amide bonds. The Hall–Kier alpha value is -2.97. The lowest BCUT2D eigenvalue weighted by molar-refractivity contribution is 0.0948. The maximum absolute atomic E-state index is 12.9. The molecule has 31 heavy (non-hydrogen) atoms. The van der Waals surface area contributed by atoms with E-state index in [0.717, 1.165) is 49.3 Å². The predicted molar refractivity (Wildman–Crippen MR) is 119 cm³/mol. The minimum Gasteiger partial charge on any atom is -0.349 e. The van der Waals surface area contributed by atoms with Crippen molar-refractivity contribution in [2.75, 3.05) is 13.1 Å². The lowest BCUT2D eigenvalue weighted by atomic mass is 10.1. The molecular weight excluding hydrogens is 412 g/mol. The second kappa shape index (κ2) is 9.45. The van der Waals surface area contributed by atoms with Crippen molar-refractivity contribution in [2.24, 2.45) is 0 Å². The molecule has 3 aromatic rings. The summed E-state index contributed by atoms with van der Waals surface area (Å²) in [6.45, 7) is 1.12. The maximum Gasteiger partial charge on any atom is 0.271 e. The van der Waals surface area contributed by atoms with Gasteiger partial charge in [0.25, 0.3) is 5.91 Å². The van der Waals surface area contributed by atoms with Crippen LogP contribution in [0.3, 0.4) is 0 Å². The van der Waals surface area contributed by atoms with Crippen LogP contribution in [0, 0.1) is 0 Å². The van der Waals surface area contributed by atoms with Crippen LogP contribution in [0.5, 0.6) is 0 Å². The van der Waals surface area contributed by atoms with Crippen molar-refractivity contribution >= 4 is 15.9 Å². The lowest BCUT2D eigenvalue weighted by Crippen LogP contribution is -2.35. The number of amides is 1. The fourth-order valence-electron chi connectivity index (χ4n) is 3.84. The van der Waals surface area contributed by atoms with Crippen LogP contribution in [-0.4, -0.2) is 37.0 Å². The van der Waals surface area contributed by atoms with Gasteiger partial charge in [0, 0.05) is 25.2 Å². The number of sulfonamides is 1. The summed E-state index contributed by atoms with van der Waals surface area (Å²) in [5.74, 6) is 0.541. The Kier molecular flexibility index (Phi) is 6.48. The molecule has 0 saturated heterocycles. The molecule has 0 saturated carbocycles. The molecule has 1 aliphatic heterocycles. The Morgan fingerprint density at radius 1 is 0.935 bits per heavy atom. The minimum absolute atomic E-state index is 0.102. The third-order valence-corrected chi connectivity index (χ3v) is 6.85. The fourth-order valence-corrected chi connectivity index (χ4v) is 4.89. The van der Waals surface area contributed by atoms with Crippen LogP contribution < -0.4 is 10.0 Å². The van der Waals surface area contributed by atoms with Gasteiger partial charge in [-0.3, -0.25) is 4.79 Å². The zero-order chi connectivity index (χ0) is 21.7. The average Bonchev–Trinajstić information content (AvgIpc) is 2.99. The van der Waals surface area contributed by atoms with Gasteiger partial charge in [-0.15, -0.1) is 0 Å². The first-order valence-electron chi connectivity index (χ1n) is 10.5. The number of imidazole rings is 1. The van der Waals surface area contributed by atoms with Crippen molar-refractivity contribution in [2.45, 2.75) is 37.1 Å². The van der Waals surface area contributed by atoms with Gasteiger partial charge in [-0.05, 0) is 31.4 Å². The van der Waals surface area contributed by atoms with E-state index in [9.17, 15) is 13.2 Å². The third kappa shape index (κ3) is 4.86. The fraction of sp³-hybridized carbons (Fsp3) is 0.304. The van der Waals surface area contributed by atoms with Crippen LogP contribution in [0.15, 0.2) is 65.6 Å². The van der Waals surface area contributed by atoms with E-state index in [4.69, 9.17) is 4.98 Å². The zero-order valence-electron chi connectivity index (χ0n) is 17.3. The quantitative estimate of drug-likeness (QED) is 0.555. The maximum atomic E-state index is 12.9. The molecular formula is C23H26N4O3S. The summed E-state index contributed by atoms with van der Waals surface area (Å²) in [5.41, 5.74) is 2.38. The summed E-state index contributed by atoms with van der Waals surface area (Å²) in [7, 11) is -3.59. The van der Waals surface area contributed by atoms with Crippen molar-refractivity contribution in [1.82, 2.24) is 19.6 Å². The Balaban J connectivity index is 1.46. The number of benzene rings is 2. The van der Waals surface area contributed by atoms with Crippen molar-refractivity contribution in [3.8, 4) is 11.4 Å². The van der Waals surface area contributed by atoms with Crippen molar-refractivity contribution in [3.63, 3.8) is 0 Å². The van der Waals surface area contributed by atoms with E-state index in [1.807, 2.05) is 30.3 Å². The Labute approximate surface area is 182 Å². The molecule has 7 nitrogen and oxygen atoms in total. The van der Waals surface area contributed by atoms with Crippen molar-refractivity contribution in [3.05, 3.63) is 72.1 Å². The van der Waals surface area contributed by atoms with Crippen LogP contribution in [0.2, 0.25) is 0 Å². The van der Waals surface area contributed by atoms with Crippen LogP contribution in [0.25, 0.3) is 11.4 Å². The molecule has 4 rings (SSSR count). The smallest absolute Gasteiger partial charge is 0.271 e. The molecule has 0 spiro atoms. The molecule has 2 heterocycles. The number of fused-ring (bicyclic) bond motifs is 1. The first-order chi connectivity index (χ1) is 15.1. The monoisotopic (exact) mass is 438 g/mol. The minimum atomic E-state index is -3.59. The molecule has 0 fully saturated rings. The summed E-state index contributed by atoms with van der Waals surface area (Å²) >= 11 is 0. The summed E-state index contributed by atoms with van der Waals surface area (Å²) in [5, 5.41) is 2.82. The standard InChI is InChI=1S/C23H26N4O3S/c28-23(24-15-16-25-31(29,30)19-12-6-2-7-13-19)21-20-14-8-3-9-17-27(20)22(26-21)18-10-4-1-5-11-18/h1-2,4-7,10-13,25H,3,8-9,14-17H2,(H,24,28). The number of hydrogen-bond acceptors (Lipinski definition) is 4. The first-order valence-corrected chi connectivity index (χ1v) is 12.0. The number of rotatable bonds is 7. The Bertz CT molecular complexity index is 1140. The van der Waals surface area contributed by atoms with Gasteiger partial charge in [-0.2, -0.15) is 0 Å². The molecule has 0 bridgehead atoms. The highest BCUT2D eigenvalue weighted by Crippen LogP contribution is 2.27. The van der Waals surface area contributed by atoms with E-state index in [1.54, 1.807) is 18.2 Å². The van der Waals surface area contributed by atoms with E-state index in [-0.39, 0.29) is 23.9 Å². The van der Waals surface area contributed by atoms with Gasteiger partial charge < -0.3 is 9.88 Å². The highest BCUT2D eigenvalue weighted by molar-refractivity contribution is 7.89. The lowest BCUT2D eigenvalue weighted by Gasteiger charge is -2.09. The van der Waals surface area contributed by atoms with Gasteiger partial charge in [0.05, 0.1) is 10.6 Å². The number of carbonyl (C=O) groups is 1. The van der Waals surface area contributed by atoms with E-state index in [0.29, 0.717) is 5.69 Å².